The Morgan fingerprint density at radius 3 is 2.64 bits per heavy atom. The van der Waals surface area contributed by atoms with E-state index in [-0.39, 0.29) is 24.8 Å². The van der Waals surface area contributed by atoms with Gasteiger partial charge in [-0.1, -0.05) is 35.0 Å². The van der Waals surface area contributed by atoms with Gasteiger partial charge in [-0.2, -0.15) is 4.98 Å². The van der Waals surface area contributed by atoms with Gasteiger partial charge < -0.3 is 9.42 Å². The largest absolute Gasteiger partial charge is 0.337 e. The van der Waals surface area contributed by atoms with Crippen molar-refractivity contribution in [2.45, 2.75) is 31.7 Å². The van der Waals surface area contributed by atoms with Crippen molar-refractivity contribution < 1.29 is 17.7 Å². The number of amides is 1. The number of benzene rings is 1. The lowest BCUT2D eigenvalue weighted by molar-refractivity contribution is -0.130. The molecule has 2 aromatic rings. The number of piperidine rings is 1. The first-order chi connectivity index (χ1) is 13.2. The SMILES string of the molecule is CN(Cc1nc(C2CCN(S(C)(=O)=O)CC2)no1)C(=O)Cc1ccccc1Cl. The van der Waals surface area contributed by atoms with Crippen molar-refractivity contribution in [1.29, 1.82) is 0 Å². The Hall–Kier alpha value is -1.97. The molecule has 8 nitrogen and oxygen atoms in total. The third kappa shape index (κ3) is 5.09. The van der Waals surface area contributed by atoms with Crippen molar-refractivity contribution in [2.75, 3.05) is 26.4 Å². The Morgan fingerprint density at radius 1 is 1.32 bits per heavy atom. The number of halogens is 1. The van der Waals surface area contributed by atoms with Crippen LogP contribution in [-0.2, 0) is 27.8 Å². The van der Waals surface area contributed by atoms with Gasteiger partial charge in [-0.05, 0) is 24.5 Å². The zero-order valence-electron chi connectivity index (χ0n) is 15.8. The number of aromatic nitrogens is 2. The van der Waals surface area contributed by atoms with Crippen molar-refractivity contribution in [3.05, 3.63) is 46.6 Å². The highest BCUT2D eigenvalue weighted by Crippen LogP contribution is 2.27. The molecule has 1 aliphatic heterocycles. The van der Waals surface area contributed by atoms with Gasteiger partial charge in [0.2, 0.25) is 21.8 Å². The number of carbonyl (C=O) groups excluding carboxylic acids is 1. The van der Waals surface area contributed by atoms with E-state index in [0.717, 1.165) is 5.56 Å². The van der Waals surface area contributed by atoms with Crippen molar-refractivity contribution in [3.8, 4) is 0 Å². The third-order valence-electron chi connectivity index (χ3n) is 4.87. The van der Waals surface area contributed by atoms with Crippen molar-refractivity contribution in [3.63, 3.8) is 0 Å². The second-order valence-electron chi connectivity index (χ2n) is 7.00. The van der Waals surface area contributed by atoms with Crippen LogP contribution in [0.25, 0.3) is 0 Å². The predicted molar refractivity (Wildman–Crippen MR) is 104 cm³/mol. The summed E-state index contributed by atoms with van der Waals surface area (Å²) in [6, 6.07) is 7.24. The van der Waals surface area contributed by atoms with Crippen LogP contribution in [0.4, 0.5) is 0 Å². The van der Waals surface area contributed by atoms with Gasteiger partial charge in [0.1, 0.15) is 0 Å². The lowest BCUT2D eigenvalue weighted by Gasteiger charge is -2.28. The van der Waals surface area contributed by atoms with E-state index in [1.165, 1.54) is 15.5 Å². The Morgan fingerprint density at radius 2 is 2.00 bits per heavy atom. The fourth-order valence-electron chi connectivity index (χ4n) is 3.17. The molecule has 0 aliphatic carbocycles. The first kappa shape index (κ1) is 20.8. The van der Waals surface area contributed by atoms with Crippen LogP contribution in [0.1, 0.15) is 36.0 Å². The predicted octanol–water partition coefficient (Wildman–Crippen LogP) is 2.06. The average molecular weight is 427 g/mol. The molecule has 1 amide bonds. The van der Waals surface area contributed by atoms with Crippen LogP contribution in [0.2, 0.25) is 5.02 Å². The number of nitrogens with zero attached hydrogens (tertiary/aromatic N) is 4. The van der Waals surface area contributed by atoms with E-state index in [0.29, 0.717) is 42.7 Å². The highest BCUT2D eigenvalue weighted by atomic mass is 35.5. The van der Waals surface area contributed by atoms with Gasteiger partial charge in [0.05, 0.1) is 19.2 Å². The molecule has 0 spiro atoms. The van der Waals surface area contributed by atoms with Crippen LogP contribution in [0.15, 0.2) is 28.8 Å². The van der Waals surface area contributed by atoms with Crippen LogP contribution < -0.4 is 0 Å². The fourth-order valence-corrected chi connectivity index (χ4v) is 4.25. The molecule has 0 radical (unpaired) electrons. The minimum atomic E-state index is -3.17. The first-order valence-corrected chi connectivity index (χ1v) is 11.2. The number of hydrogen-bond acceptors (Lipinski definition) is 6. The van der Waals surface area contributed by atoms with Crippen molar-refractivity contribution in [1.82, 2.24) is 19.3 Å². The third-order valence-corrected chi connectivity index (χ3v) is 6.54. The average Bonchev–Trinajstić information content (AvgIpc) is 3.11. The van der Waals surface area contributed by atoms with Crippen molar-refractivity contribution in [2.24, 2.45) is 0 Å². The molecule has 3 rings (SSSR count). The molecule has 10 heteroatoms. The topological polar surface area (TPSA) is 96.6 Å². The van der Waals surface area contributed by atoms with Crippen molar-refractivity contribution >= 4 is 27.5 Å². The van der Waals surface area contributed by atoms with Crippen LogP contribution in [-0.4, -0.2) is 60.1 Å². The molecule has 0 bridgehead atoms. The van der Waals surface area contributed by atoms with Gasteiger partial charge in [-0.3, -0.25) is 4.79 Å². The number of hydrogen-bond donors (Lipinski definition) is 0. The summed E-state index contributed by atoms with van der Waals surface area (Å²) >= 11 is 6.11. The van der Waals surface area contributed by atoms with Crippen LogP contribution >= 0.6 is 11.6 Å². The number of likely N-dealkylation sites (N-methyl/N-ethyl adjacent to an activating group) is 1. The molecule has 1 saturated heterocycles. The summed E-state index contributed by atoms with van der Waals surface area (Å²) < 4.78 is 30.0. The zero-order valence-corrected chi connectivity index (χ0v) is 17.4. The molecular formula is C18H23ClN4O4S. The summed E-state index contributed by atoms with van der Waals surface area (Å²) in [6.07, 6.45) is 2.71. The quantitative estimate of drug-likeness (QED) is 0.701. The number of sulfonamides is 1. The lowest BCUT2D eigenvalue weighted by atomic mass is 9.98. The maximum atomic E-state index is 12.4. The molecule has 0 saturated carbocycles. The summed E-state index contributed by atoms with van der Waals surface area (Å²) in [5, 5.41) is 4.58. The number of carbonyl (C=O) groups is 1. The molecule has 28 heavy (non-hydrogen) atoms. The molecule has 1 aromatic heterocycles. The van der Waals surface area contributed by atoms with E-state index in [9.17, 15) is 13.2 Å². The van der Waals surface area contributed by atoms with E-state index in [1.54, 1.807) is 13.1 Å². The van der Waals surface area contributed by atoms with E-state index >= 15 is 0 Å². The molecule has 1 aromatic carbocycles. The molecule has 152 valence electrons. The molecular weight excluding hydrogens is 404 g/mol. The summed E-state index contributed by atoms with van der Waals surface area (Å²) in [5.74, 6) is 0.875. The normalized spacial score (nSPS) is 16.2. The smallest absolute Gasteiger partial charge is 0.246 e. The van der Waals surface area contributed by atoms with E-state index < -0.39 is 10.0 Å². The summed E-state index contributed by atoms with van der Waals surface area (Å²) in [7, 11) is -1.49. The van der Waals surface area contributed by atoms with Crippen LogP contribution in [0.5, 0.6) is 0 Å². The van der Waals surface area contributed by atoms with Crippen LogP contribution in [0, 0.1) is 0 Å². The summed E-state index contributed by atoms with van der Waals surface area (Å²) in [4.78, 5) is 18.3. The van der Waals surface area contributed by atoms with Gasteiger partial charge in [0, 0.05) is 31.1 Å². The second kappa shape index (κ2) is 8.59. The maximum Gasteiger partial charge on any atom is 0.246 e. The van der Waals surface area contributed by atoms with Gasteiger partial charge in [0.25, 0.3) is 0 Å². The standard InChI is InChI=1S/C18H23ClN4O4S/c1-22(17(24)11-14-5-3-4-6-15(14)19)12-16-20-18(21-27-16)13-7-9-23(10-8-13)28(2,25)26/h3-6,13H,7-12H2,1-2H3. The first-order valence-electron chi connectivity index (χ1n) is 8.99. The fraction of sp³-hybridized carbons (Fsp3) is 0.500. The summed E-state index contributed by atoms with van der Waals surface area (Å²) in [6.45, 7) is 1.10. The highest BCUT2D eigenvalue weighted by Gasteiger charge is 2.28. The Kier molecular flexibility index (Phi) is 6.36. The summed E-state index contributed by atoms with van der Waals surface area (Å²) in [5.41, 5.74) is 0.768. The lowest BCUT2D eigenvalue weighted by Crippen LogP contribution is -2.37. The van der Waals surface area contributed by atoms with Gasteiger partial charge in [-0.15, -0.1) is 0 Å². The molecule has 0 atom stereocenters. The molecule has 1 fully saturated rings. The van der Waals surface area contributed by atoms with Gasteiger partial charge in [-0.25, -0.2) is 12.7 Å². The second-order valence-corrected chi connectivity index (χ2v) is 9.39. The van der Waals surface area contributed by atoms with Gasteiger partial charge in [0.15, 0.2) is 5.82 Å². The van der Waals surface area contributed by atoms with E-state index in [4.69, 9.17) is 16.1 Å². The molecule has 1 aliphatic rings. The van der Waals surface area contributed by atoms with E-state index in [2.05, 4.69) is 10.1 Å². The zero-order chi connectivity index (χ0) is 20.3. The molecule has 0 N–H and O–H groups in total. The Labute approximate surface area is 169 Å². The maximum absolute atomic E-state index is 12.4. The Bertz CT molecular complexity index is 939. The molecule has 2 heterocycles. The van der Waals surface area contributed by atoms with E-state index in [1.807, 2.05) is 18.2 Å². The van der Waals surface area contributed by atoms with Crippen LogP contribution in [0.3, 0.4) is 0 Å². The Balaban J connectivity index is 1.56. The van der Waals surface area contributed by atoms with Gasteiger partial charge >= 0.3 is 0 Å². The molecule has 0 unspecified atom stereocenters. The monoisotopic (exact) mass is 426 g/mol. The number of rotatable bonds is 6. The minimum absolute atomic E-state index is 0.0552. The minimum Gasteiger partial charge on any atom is -0.337 e. The highest BCUT2D eigenvalue weighted by molar-refractivity contribution is 7.88.